The zero-order valence-corrected chi connectivity index (χ0v) is 7.05. The van der Waals surface area contributed by atoms with Gasteiger partial charge in [0.25, 0.3) is 0 Å². The standard InChI is InChI=1S/C10H13NO/c1-11-7-8-2-3-10-9(6-8)4-5-12-10/h2-3,6H,1,4-5,7,11H2. The normalized spacial score (nSPS) is 14.1. The molecule has 2 N–H and O–H groups in total. The lowest BCUT2D eigenvalue weighted by atomic mass is 10.1. The van der Waals surface area contributed by atoms with Crippen molar-refractivity contribution in [2.24, 2.45) is 0 Å². The molecule has 1 aliphatic heterocycles. The van der Waals surface area contributed by atoms with E-state index in [-0.39, 0.29) is 0 Å². The third kappa shape index (κ3) is 1.30. The Labute approximate surface area is 72.5 Å². The second kappa shape index (κ2) is 3.15. The van der Waals surface area contributed by atoms with Crippen LogP contribution in [0.4, 0.5) is 0 Å². The highest BCUT2D eigenvalue weighted by Gasteiger charge is 2.11. The maximum atomic E-state index is 5.41. The quantitative estimate of drug-likeness (QED) is 0.630. The second-order valence-corrected chi connectivity index (χ2v) is 3.03. The molecule has 0 unspecified atom stereocenters. The number of ether oxygens (including phenoxy) is 1. The summed E-state index contributed by atoms with van der Waals surface area (Å²) in [6, 6.07) is 6.37. The minimum atomic E-state index is 0.840. The van der Waals surface area contributed by atoms with Crippen LogP contribution in [0.3, 0.4) is 0 Å². The number of rotatable bonds is 2. The van der Waals surface area contributed by atoms with Crippen LogP contribution in [0.5, 0.6) is 5.75 Å². The maximum Gasteiger partial charge on any atom is 0.122 e. The van der Waals surface area contributed by atoms with E-state index in [9.17, 15) is 0 Å². The molecule has 0 amide bonds. The van der Waals surface area contributed by atoms with E-state index in [1.165, 1.54) is 11.1 Å². The zero-order chi connectivity index (χ0) is 8.39. The summed E-state index contributed by atoms with van der Waals surface area (Å²) in [6.45, 7) is 1.79. The molecule has 0 bridgehead atoms. The molecule has 1 aromatic rings. The molecule has 2 nitrogen and oxygen atoms in total. The van der Waals surface area contributed by atoms with E-state index in [1.807, 2.05) is 5.32 Å². The Morgan fingerprint density at radius 1 is 1.50 bits per heavy atom. The van der Waals surface area contributed by atoms with Crippen LogP contribution in [0.2, 0.25) is 0 Å². The average molecular weight is 163 g/mol. The van der Waals surface area contributed by atoms with Gasteiger partial charge in [-0.3, -0.25) is 0 Å². The molecule has 0 aliphatic carbocycles. The minimum absolute atomic E-state index is 0.840. The van der Waals surface area contributed by atoms with Gasteiger partial charge in [0.05, 0.1) is 13.2 Å². The summed E-state index contributed by atoms with van der Waals surface area (Å²) >= 11 is 0. The summed E-state index contributed by atoms with van der Waals surface area (Å²) in [6.07, 6.45) is 1.06. The largest absolute Gasteiger partial charge is 0.493 e. The lowest BCUT2D eigenvalue weighted by Gasteiger charge is -2.03. The molecule has 2 rings (SSSR count). The molecule has 0 spiro atoms. The number of benzene rings is 1. The Morgan fingerprint density at radius 2 is 2.42 bits per heavy atom. The lowest BCUT2D eigenvalue weighted by Crippen LogP contribution is -2.74. The van der Waals surface area contributed by atoms with E-state index in [1.54, 1.807) is 0 Å². The molecule has 0 radical (unpaired) electrons. The number of nitrogens with two attached hydrogens (primary N) is 1. The Balaban J connectivity index is 2.26. The van der Waals surface area contributed by atoms with Crippen LogP contribution in [0.1, 0.15) is 11.1 Å². The zero-order valence-electron chi connectivity index (χ0n) is 7.05. The fourth-order valence-electron chi connectivity index (χ4n) is 1.53. The monoisotopic (exact) mass is 163 g/mol. The Kier molecular flexibility index (Phi) is 2.00. The van der Waals surface area contributed by atoms with Gasteiger partial charge in [0.15, 0.2) is 0 Å². The molecule has 1 aromatic carbocycles. The van der Waals surface area contributed by atoms with E-state index in [4.69, 9.17) is 4.74 Å². The molecule has 2 heteroatoms. The van der Waals surface area contributed by atoms with Crippen LogP contribution >= 0.6 is 0 Å². The molecule has 0 saturated heterocycles. The fraction of sp³-hybridized carbons (Fsp3) is 0.300. The van der Waals surface area contributed by atoms with Crippen molar-refractivity contribution in [2.75, 3.05) is 6.61 Å². The van der Waals surface area contributed by atoms with Gasteiger partial charge in [-0.2, -0.15) is 7.05 Å². The summed E-state index contributed by atoms with van der Waals surface area (Å²) in [4.78, 5) is 0. The first-order valence-corrected chi connectivity index (χ1v) is 4.25. The molecule has 1 heterocycles. The Bertz CT molecular complexity index is 283. The third-order valence-corrected chi connectivity index (χ3v) is 2.13. The first-order valence-electron chi connectivity index (χ1n) is 4.25. The van der Waals surface area contributed by atoms with E-state index >= 15 is 0 Å². The number of quaternary nitrogens is 1. The highest BCUT2D eigenvalue weighted by molar-refractivity contribution is 5.39. The van der Waals surface area contributed by atoms with Crippen LogP contribution in [0.15, 0.2) is 18.2 Å². The van der Waals surface area contributed by atoms with E-state index in [0.717, 1.165) is 25.3 Å². The van der Waals surface area contributed by atoms with Crippen molar-refractivity contribution in [3.8, 4) is 5.75 Å². The van der Waals surface area contributed by atoms with Crippen molar-refractivity contribution in [1.29, 1.82) is 0 Å². The lowest BCUT2D eigenvalue weighted by molar-refractivity contribution is -0.612. The van der Waals surface area contributed by atoms with Crippen LogP contribution in [0.25, 0.3) is 0 Å². The van der Waals surface area contributed by atoms with Gasteiger partial charge in [-0.15, -0.1) is 0 Å². The Hall–Kier alpha value is -1.02. The highest BCUT2D eigenvalue weighted by atomic mass is 16.5. The van der Waals surface area contributed by atoms with Crippen molar-refractivity contribution in [3.05, 3.63) is 36.4 Å². The van der Waals surface area contributed by atoms with Gasteiger partial charge in [-0.1, -0.05) is 0 Å². The van der Waals surface area contributed by atoms with Gasteiger partial charge in [-0.05, 0) is 23.8 Å². The summed E-state index contributed by atoms with van der Waals surface area (Å²) < 4.78 is 5.41. The van der Waals surface area contributed by atoms with Crippen molar-refractivity contribution < 1.29 is 10.1 Å². The molecule has 0 atom stereocenters. The van der Waals surface area contributed by atoms with Crippen molar-refractivity contribution in [1.82, 2.24) is 0 Å². The van der Waals surface area contributed by atoms with Gasteiger partial charge < -0.3 is 10.1 Å². The van der Waals surface area contributed by atoms with Crippen LogP contribution < -0.4 is 10.1 Å². The van der Waals surface area contributed by atoms with Crippen molar-refractivity contribution in [2.45, 2.75) is 13.0 Å². The fourth-order valence-corrected chi connectivity index (χ4v) is 1.53. The van der Waals surface area contributed by atoms with Crippen molar-refractivity contribution >= 4 is 0 Å². The predicted octanol–water partition coefficient (Wildman–Crippen LogP) is 0.476. The summed E-state index contributed by atoms with van der Waals surface area (Å²) in [7, 11) is 3.72. The van der Waals surface area contributed by atoms with Gasteiger partial charge >= 0.3 is 0 Å². The molecule has 64 valence electrons. The SMILES string of the molecule is [CH2-][NH2+]Cc1ccc2c(c1)CCO2. The average Bonchev–Trinajstić information content (AvgIpc) is 2.51. The first kappa shape index (κ1) is 7.62. The second-order valence-electron chi connectivity index (χ2n) is 3.03. The third-order valence-electron chi connectivity index (χ3n) is 2.13. The topological polar surface area (TPSA) is 25.8 Å². The van der Waals surface area contributed by atoms with Crippen LogP contribution in [-0.4, -0.2) is 6.61 Å². The number of hydrogen-bond donors (Lipinski definition) is 1. The van der Waals surface area contributed by atoms with E-state index in [0.29, 0.717) is 0 Å². The van der Waals surface area contributed by atoms with Crippen molar-refractivity contribution in [3.63, 3.8) is 0 Å². The number of fused-ring (bicyclic) bond motifs is 1. The van der Waals surface area contributed by atoms with Gasteiger partial charge in [0.2, 0.25) is 0 Å². The van der Waals surface area contributed by atoms with Crippen LogP contribution in [0, 0.1) is 7.05 Å². The van der Waals surface area contributed by atoms with E-state index in [2.05, 4.69) is 25.2 Å². The first-order chi connectivity index (χ1) is 5.90. The predicted molar refractivity (Wildman–Crippen MR) is 46.6 cm³/mol. The Morgan fingerprint density at radius 3 is 3.25 bits per heavy atom. The smallest absolute Gasteiger partial charge is 0.122 e. The highest BCUT2D eigenvalue weighted by Crippen LogP contribution is 2.25. The summed E-state index contributed by atoms with van der Waals surface area (Å²) in [5.41, 5.74) is 2.67. The maximum absolute atomic E-state index is 5.41. The molecule has 0 saturated carbocycles. The number of hydrogen-bond acceptors (Lipinski definition) is 1. The molecule has 12 heavy (non-hydrogen) atoms. The van der Waals surface area contributed by atoms with Gasteiger partial charge in [0, 0.05) is 12.0 Å². The molecule has 1 aliphatic rings. The van der Waals surface area contributed by atoms with Gasteiger partial charge in [-0.25, -0.2) is 0 Å². The summed E-state index contributed by atoms with van der Waals surface area (Å²) in [5, 5.41) is 1.93. The molecular formula is C10H13NO. The summed E-state index contributed by atoms with van der Waals surface area (Å²) in [5.74, 6) is 1.06. The van der Waals surface area contributed by atoms with Gasteiger partial charge in [0.1, 0.15) is 5.75 Å². The van der Waals surface area contributed by atoms with Crippen LogP contribution in [-0.2, 0) is 13.0 Å². The molecule has 0 fully saturated rings. The minimum Gasteiger partial charge on any atom is -0.493 e. The van der Waals surface area contributed by atoms with E-state index < -0.39 is 0 Å². The molecule has 0 aromatic heterocycles. The molecular weight excluding hydrogens is 150 g/mol.